The maximum atomic E-state index is 4.96. The Morgan fingerprint density at radius 3 is 1.67 bits per heavy atom. The average Bonchev–Trinajstić information content (AvgIpc) is 3.64. The number of benzene rings is 2. The molecule has 2 aromatic carbocycles. The first-order valence-corrected chi connectivity index (χ1v) is 14.7. The Morgan fingerprint density at radius 1 is 0.513 bits per heavy atom. The largest absolute Gasteiger partial charge is 0.332 e. The van der Waals surface area contributed by atoms with Gasteiger partial charge in [-0.15, -0.1) is 0 Å². The van der Waals surface area contributed by atoms with Crippen LogP contribution in [-0.4, -0.2) is 41.4 Å². The second-order valence-electron chi connectivity index (χ2n) is 8.74. The molecule has 0 saturated heterocycles. The van der Waals surface area contributed by atoms with Gasteiger partial charge in [0, 0.05) is 35.0 Å². The van der Waals surface area contributed by atoms with E-state index in [0.29, 0.717) is 0 Å². The number of thioether (sulfide) groups is 2. The van der Waals surface area contributed by atoms with E-state index in [1.54, 1.807) is 35.9 Å². The summed E-state index contributed by atoms with van der Waals surface area (Å²) < 4.78 is 0. The van der Waals surface area contributed by atoms with Gasteiger partial charge in [-0.2, -0.15) is 0 Å². The summed E-state index contributed by atoms with van der Waals surface area (Å²) in [5.41, 5.74) is 7.69. The molecule has 2 N–H and O–H groups in total. The van der Waals surface area contributed by atoms with Gasteiger partial charge in [-0.1, -0.05) is 96.3 Å². The van der Waals surface area contributed by atoms with Crippen molar-refractivity contribution in [1.82, 2.24) is 29.9 Å². The normalized spacial score (nSPS) is 11.1. The highest BCUT2D eigenvalue weighted by Crippen LogP contribution is 2.34. The highest BCUT2D eigenvalue weighted by atomic mass is 32.2. The third-order valence-electron chi connectivity index (χ3n) is 6.07. The molecule has 39 heavy (non-hydrogen) atoms. The number of imidazole rings is 2. The molecule has 4 heterocycles. The van der Waals surface area contributed by atoms with E-state index in [1.165, 1.54) is 0 Å². The quantitative estimate of drug-likeness (QED) is 0.134. The molecular weight excluding hydrogens is 521 g/mol. The summed E-state index contributed by atoms with van der Waals surface area (Å²) in [5.74, 6) is 1.88. The third kappa shape index (κ3) is 5.97. The second-order valence-corrected chi connectivity index (χ2v) is 10.9. The van der Waals surface area contributed by atoms with Crippen molar-refractivity contribution in [2.75, 3.05) is 11.5 Å². The van der Waals surface area contributed by atoms with E-state index in [0.717, 1.165) is 73.5 Å². The topological polar surface area (TPSA) is 83.1 Å². The summed E-state index contributed by atoms with van der Waals surface area (Å²) in [4.78, 5) is 25.9. The van der Waals surface area contributed by atoms with Gasteiger partial charge in [-0.05, 0) is 30.7 Å². The number of hydrogen-bond acceptors (Lipinski definition) is 6. The minimum Gasteiger partial charge on any atom is -0.332 e. The molecule has 0 amide bonds. The Bertz CT molecular complexity index is 1380. The number of nitrogens with zero attached hydrogens (tertiary/aromatic N) is 4. The van der Waals surface area contributed by atoms with Crippen LogP contribution in [0.4, 0.5) is 0 Å². The molecule has 0 fully saturated rings. The second kappa shape index (κ2) is 12.1. The summed E-state index contributed by atoms with van der Waals surface area (Å²) in [6.07, 6.45) is 4.59. The van der Waals surface area contributed by atoms with Gasteiger partial charge < -0.3 is 9.97 Å². The molecule has 192 valence electrons. The van der Waals surface area contributed by atoms with Crippen LogP contribution in [0.25, 0.3) is 45.3 Å². The lowest BCUT2D eigenvalue weighted by Gasteiger charge is -2.02. The summed E-state index contributed by atoms with van der Waals surface area (Å²) in [6.45, 7) is 0. The van der Waals surface area contributed by atoms with Crippen LogP contribution in [0, 0.1) is 0 Å². The monoisotopic (exact) mass is 546 g/mol. The molecule has 0 bridgehead atoms. The lowest BCUT2D eigenvalue weighted by molar-refractivity contribution is 1.03. The van der Waals surface area contributed by atoms with Gasteiger partial charge in [-0.25, -0.2) is 9.97 Å². The van der Waals surface area contributed by atoms with Crippen molar-refractivity contribution in [1.29, 1.82) is 0 Å². The fraction of sp³-hybridized carbons (Fsp3) is 0.0968. The molecule has 0 aliphatic heterocycles. The number of hydrogen-bond donors (Lipinski definition) is 2. The van der Waals surface area contributed by atoms with E-state index >= 15 is 0 Å². The van der Waals surface area contributed by atoms with Crippen LogP contribution >= 0.6 is 23.5 Å². The third-order valence-corrected chi connectivity index (χ3v) is 7.99. The molecule has 6 rings (SSSR count). The number of H-pyrrole nitrogens is 2. The Labute approximate surface area is 235 Å². The number of nitrogens with one attached hydrogen (secondary N) is 2. The number of aromatic amines is 2. The van der Waals surface area contributed by atoms with E-state index in [1.807, 2.05) is 48.5 Å². The van der Waals surface area contributed by atoms with Crippen molar-refractivity contribution in [3.8, 4) is 45.3 Å². The number of rotatable bonds is 10. The maximum Gasteiger partial charge on any atom is 0.166 e. The van der Waals surface area contributed by atoms with E-state index in [2.05, 4.69) is 68.5 Å². The fourth-order valence-electron chi connectivity index (χ4n) is 4.24. The first kappa shape index (κ1) is 25.2. The highest BCUT2D eigenvalue weighted by Gasteiger charge is 2.17. The minimum atomic E-state index is 0.823. The predicted molar refractivity (Wildman–Crippen MR) is 161 cm³/mol. The molecule has 0 radical (unpaired) electrons. The summed E-state index contributed by atoms with van der Waals surface area (Å²) >= 11 is 3.47. The summed E-state index contributed by atoms with van der Waals surface area (Å²) in [5, 5.41) is 1.81. The summed E-state index contributed by atoms with van der Waals surface area (Å²) in [7, 11) is 0. The minimum absolute atomic E-state index is 0.823. The molecule has 6 aromatic rings. The van der Waals surface area contributed by atoms with E-state index in [4.69, 9.17) is 9.97 Å². The smallest absolute Gasteiger partial charge is 0.166 e. The Kier molecular flexibility index (Phi) is 7.84. The molecular formula is C31H26N6S2. The van der Waals surface area contributed by atoms with Crippen LogP contribution in [0.5, 0.6) is 0 Å². The molecule has 0 spiro atoms. The number of pyridine rings is 2. The van der Waals surface area contributed by atoms with Crippen molar-refractivity contribution >= 4 is 23.5 Å². The molecule has 0 aliphatic carbocycles. The first-order valence-electron chi connectivity index (χ1n) is 12.7. The van der Waals surface area contributed by atoms with E-state index < -0.39 is 0 Å². The van der Waals surface area contributed by atoms with Crippen molar-refractivity contribution in [2.24, 2.45) is 0 Å². The van der Waals surface area contributed by atoms with Gasteiger partial charge in [0.1, 0.15) is 5.69 Å². The lowest BCUT2D eigenvalue weighted by Crippen LogP contribution is -1.88. The Morgan fingerprint density at radius 2 is 1.05 bits per heavy atom. The van der Waals surface area contributed by atoms with Gasteiger partial charge in [0.25, 0.3) is 0 Å². The summed E-state index contributed by atoms with van der Waals surface area (Å²) in [6, 6.07) is 32.5. The highest BCUT2D eigenvalue weighted by molar-refractivity contribution is 8.00. The molecule has 0 aliphatic rings. The Balaban J connectivity index is 1.12. The first-order chi connectivity index (χ1) is 19.3. The zero-order valence-corrected chi connectivity index (χ0v) is 22.8. The molecule has 4 aromatic heterocycles. The standard InChI is InChI=1S/C31H26N6S2/c1-3-12-22(13-4-1)26-27(23-14-5-2-6-15-23)35-30(34-26)38-20-11-21-39-31-36-28(24-16-7-9-18-32-24)29(37-31)25-17-8-10-19-33-25/h1-10,12-19H,11,20-21H2,(H,34,35)(H,36,37). The lowest BCUT2D eigenvalue weighted by atomic mass is 10.1. The fourth-order valence-corrected chi connectivity index (χ4v) is 6.05. The van der Waals surface area contributed by atoms with E-state index in [-0.39, 0.29) is 0 Å². The van der Waals surface area contributed by atoms with Crippen LogP contribution in [0.3, 0.4) is 0 Å². The van der Waals surface area contributed by atoms with E-state index in [9.17, 15) is 0 Å². The van der Waals surface area contributed by atoms with Gasteiger partial charge in [0.05, 0.1) is 28.5 Å². The number of aromatic nitrogens is 6. The van der Waals surface area contributed by atoms with Crippen molar-refractivity contribution in [3.63, 3.8) is 0 Å². The molecule has 6 nitrogen and oxygen atoms in total. The van der Waals surface area contributed by atoms with Crippen LogP contribution in [0.2, 0.25) is 0 Å². The van der Waals surface area contributed by atoms with Gasteiger partial charge in [-0.3, -0.25) is 9.97 Å². The molecule has 0 saturated carbocycles. The van der Waals surface area contributed by atoms with Gasteiger partial charge in [0.15, 0.2) is 10.3 Å². The molecule has 0 unspecified atom stereocenters. The van der Waals surface area contributed by atoms with Crippen molar-refractivity contribution in [2.45, 2.75) is 16.7 Å². The molecule has 0 atom stereocenters. The Hall–Kier alpha value is -4.14. The van der Waals surface area contributed by atoms with Crippen LogP contribution in [-0.2, 0) is 0 Å². The van der Waals surface area contributed by atoms with Crippen LogP contribution in [0.1, 0.15) is 6.42 Å². The van der Waals surface area contributed by atoms with Crippen molar-refractivity contribution < 1.29 is 0 Å². The molecule has 8 heteroatoms. The predicted octanol–water partition coefficient (Wildman–Crippen LogP) is 7.87. The van der Waals surface area contributed by atoms with Gasteiger partial charge >= 0.3 is 0 Å². The van der Waals surface area contributed by atoms with Crippen LogP contribution < -0.4 is 0 Å². The van der Waals surface area contributed by atoms with Crippen molar-refractivity contribution in [3.05, 3.63) is 109 Å². The zero-order chi connectivity index (χ0) is 26.3. The SMILES string of the molecule is c1ccc(-c2nc(SCCCSc3nc(-c4ccccn4)c(-c4ccccn4)[nH]3)[nH]c2-c2ccccc2)cc1. The van der Waals surface area contributed by atoms with Gasteiger partial charge in [0.2, 0.25) is 0 Å². The van der Waals surface area contributed by atoms with Crippen LogP contribution in [0.15, 0.2) is 120 Å². The zero-order valence-electron chi connectivity index (χ0n) is 21.1. The maximum absolute atomic E-state index is 4.96. The average molecular weight is 547 g/mol.